The van der Waals surface area contributed by atoms with Crippen molar-refractivity contribution in [3.05, 3.63) is 65.7 Å². The standard InChI is InChI=1S/C16H16N2O2/c1-18(2)17-12-13-8-10-15(11-9-13)20-16(19)14-6-4-3-5-7-14/h3-12H,1-2H3/b17-12-. The quantitative estimate of drug-likeness (QED) is 0.370. The molecule has 0 aromatic heterocycles. The molecule has 0 atom stereocenters. The van der Waals surface area contributed by atoms with Gasteiger partial charge in [0.05, 0.1) is 11.8 Å². The average Bonchev–Trinajstić information content (AvgIpc) is 2.47. The molecule has 0 saturated carbocycles. The molecule has 4 heteroatoms. The van der Waals surface area contributed by atoms with E-state index in [1.165, 1.54) is 0 Å². The van der Waals surface area contributed by atoms with Crippen molar-refractivity contribution in [2.24, 2.45) is 5.10 Å². The number of hydrazone groups is 1. The Bertz CT molecular complexity index is 590. The molecule has 0 N–H and O–H groups in total. The predicted molar refractivity (Wildman–Crippen MR) is 79.1 cm³/mol. The molecule has 0 fully saturated rings. The van der Waals surface area contributed by atoms with Crippen LogP contribution < -0.4 is 4.74 Å². The van der Waals surface area contributed by atoms with Crippen molar-refractivity contribution in [1.29, 1.82) is 0 Å². The Labute approximate surface area is 118 Å². The van der Waals surface area contributed by atoms with E-state index in [1.54, 1.807) is 47.6 Å². The molecule has 2 rings (SSSR count). The Morgan fingerprint density at radius 2 is 1.70 bits per heavy atom. The van der Waals surface area contributed by atoms with Crippen LogP contribution in [0.2, 0.25) is 0 Å². The Balaban J connectivity index is 2.02. The highest BCUT2D eigenvalue weighted by Gasteiger charge is 2.07. The summed E-state index contributed by atoms with van der Waals surface area (Å²) < 4.78 is 5.29. The first-order valence-electron chi connectivity index (χ1n) is 6.24. The van der Waals surface area contributed by atoms with Gasteiger partial charge in [0, 0.05) is 14.1 Å². The monoisotopic (exact) mass is 268 g/mol. The van der Waals surface area contributed by atoms with Crippen molar-refractivity contribution >= 4 is 12.2 Å². The van der Waals surface area contributed by atoms with Gasteiger partial charge in [-0.15, -0.1) is 0 Å². The van der Waals surface area contributed by atoms with Gasteiger partial charge in [-0.2, -0.15) is 5.10 Å². The lowest BCUT2D eigenvalue weighted by atomic mass is 10.2. The van der Waals surface area contributed by atoms with Crippen LogP contribution in [0.5, 0.6) is 5.75 Å². The maximum absolute atomic E-state index is 11.9. The van der Waals surface area contributed by atoms with Gasteiger partial charge in [0.15, 0.2) is 0 Å². The van der Waals surface area contributed by atoms with E-state index in [0.717, 1.165) is 5.56 Å². The van der Waals surface area contributed by atoms with Crippen LogP contribution in [0.3, 0.4) is 0 Å². The van der Waals surface area contributed by atoms with Crippen molar-refractivity contribution in [2.45, 2.75) is 0 Å². The van der Waals surface area contributed by atoms with E-state index in [2.05, 4.69) is 5.10 Å². The second-order valence-electron chi connectivity index (χ2n) is 4.42. The largest absolute Gasteiger partial charge is 0.423 e. The Morgan fingerprint density at radius 1 is 1.05 bits per heavy atom. The summed E-state index contributed by atoms with van der Waals surface area (Å²) in [6, 6.07) is 16.1. The number of hydrogen-bond acceptors (Lipinski definition) is 4. The van der Waals surface area contributed by atoms with Crippen LogP contribution in [0.15, 0.2) is 59.7 Å². The molecule has 102 valence electrons. The molecule has 0 spiro atoms. The van der Waals surface area contributed by atoms with Crippen molar-refractivity contribution in [3.8, 4) is 5.75 Å². The van der Waals surface area contributed by atoms with Gasteiger partial charge in [-0.05, 0) is 42.0 Å². The van der Waals surface area contributed by atoms with Gasteiger partial charge >= 0.3 is 5.97 Å². The van der Waals surface area contributed by atoms with Gasteiger partial charge in [0.25, 0.3) is 0 Å². The average molecular weight is 268 g/mol. The van der Waals surface area contributed by atoms with Crippen LogP contribution in [-0.4, -0.2) is 31.3 Å². The summed E-state index contributed by atoms with van der Waals surface area (Å²) in [5.41, 5.74) is 1.48. The highest BCUT2D eigenvalue weighted by Crippen LogP contribution is 2.13. The fourth-order valence-electron chi connectivity index (χ4n) is 1.54. The summed E-state index contributed by atoms with van der Waals surface area (Å²) in [6.07, 6.45) is 1.74. The lowest BCUT2D eigenvalue weighted by Crippen LogP contribution is -2.08. The maximum atomic E-state index is 11.9. The predicted octanol–water partition coefficient (Wildman–Crippen LogP) is 2.80. The molecule has 0 saturated heterocycles. The van der Waals surface area contributed by atoms with E-state index in [1.807, 2.05) is 32.3 Å². The first kappa shape index (κ1) is 13.8. The molecule has 0 heterocycles. The zero-order valence-electron chi connectivity index (χ0n) is 11.5. The van der Waals surface area contributed by atoms with E-state index < -0.39 is 0 Å². The Hall–Kier alpha value is -2.62. The Kier molecular flexibility index (Phi) is 4.50. The molecule has 0 aliphatic rings. The summed E-state index contributed by atoms with van der Waals surface area (Å²) in [6.45, 7) is 0. The molecule has 2 aromatic rings. The van der Waals surface area contributed by atoms with Gasteiger partial charge in [0.1, 0.15) is 5.75 Å². The van der Waals surface area contributed by atoms with Crippen LogP contribution in [0.1, 0.15) is 15.9 Å². The van der Waals surface area contributed by atoms with Gasteiger partial charge in [-0.25, -0.2) is 4.79 Å². The third-order valence-corrected chi connectivity index (χ3v) is 2.54. The topological polar surface area (TPSA) is 41.9 Å². The molecular weight excluding hydrogens is 252 g/mol. The second kappa shape index (κ2) is 6.52. The zero-order valence-corrected chi connectivity index (χ0v) is 11.5. The van der Waals surface area contributed by atoms with E-state index in [-0.39, 0.29) is 5.97 Å². The summed E-state index contributed by atoms with van der Waals surface area (Å²) in [7, 11) is 3.71. The number of nitrogens with zero attached hydrogens (tertiary/aromatic N) is 2. The number of carbonyl (C=O) groups is 1. The first-order chi connectivity index (χ1) is 9.65. The molecule has 20 heavy (non-hydrogen) atoms. The smallest absolute Gasteiger partial charge is 0.343 e. The summed E-state index contributed by atoms with van der Waals surface area (Å²) in [5, 5.41) is 5.85. The summed E-state index contributed by atoms with van der Waals surface area (Å²) >= 11 is 0. The highest BCUT2D eigenvalue weighted by atomic mass is 16.5. The van der Waals surface area contributed by atoms with E-state index in [0.29, 0.717) is 11.3 Å². The van der Waals surface area contributed by atoms with Crippen molar-refractivity contribution in [3.63, 3.8) is 0 Å². The fraction of sp³-hybridized carbons (Fsp3) is 0.125. The van der Waals surface area contributed by atoms with Crippen LogP contribution >= 0.6 is 0 Å². The minimum Gasteiger partial charge on any atom is -0.423 e. The molecule has 0 radical (unpaired) electrons. The molecule has 0 amide bonds. The van der Waals surface area contributed by atoms with Crippen molar-refractivity contribution < 1.29 is 9.53 Å². The third kappa shape index (κ3) is 3.95. The second-order valence-corrected chi connectivity index (χ2v) is 4.42. The Morgan fingerprint density at radius 3 is 2.30 bits per heavy atom. The summed E-state index contributed by atoms with van der Waals surface area (Å²) in [5.74, 6) is 0.154. The number of carbonyl (C=O) groups excluding carboxylic acids is 1. The number of ether oxygens (including phenoxy) is 1. The first-order valence-corrected chi connectivity index (χ1v) is 6.24. The number of hydrogen-bond donors (Lipinski definition) is 0. The van der Waals surface area contributed by atoms with Crippen LogP contribution in [0.4, 0.5) is 0 Å². The van der Waals surface area contributed by atoms with E-state index in [4.69, 9.17) is 4.74 Å². The van der Waals surface area contributed by atoms with E-state index >= 15 is 0 Å². The van der Waals surface area contributed by atoms with Gasteiger partial charge in [-0.1, -0.05) is 18.2 Å². The molecule has 0 aliphatic carbocycles. The van der Waals surface area contributed by atoms with Gasteiger partial charge in [-0.3, -0.25) is 0 Å². The lowest BCUT2D eigenvalue weighted by molar-refractivity contribution is 0.0735. The molecule has 2 aromatic carbocycles. The fourth-order valence-corrected chi connectivity index (χ4v) is 1.54. The molecule has 0 aliphatic heterocycles. The van der Waals surface area contributed by atoms with Crippen molar-refractivity contribution in [1.82, 2.24) is 5.01 Å². The molecule has 4 nitrogen and oxygen atoms in total. The molecular formula is C16H16N2O2. The number of esters is 1. The summed E-state index contributed by atoms with van der Waals surface area (Å²) in [4.78, 5) is 11.9. The third-order valence-electron chi connectivity index (χ3n) is 2.54. The minimum atomic E-state index is -0.361. The van der Waals surface area contributed by atoms with Crippen LogP contribution in [0, 0.1) is 0 Å². The van der Waals surface area contributed by atoms with Gasteiger partial charge in [0.2, 0.25) is 0 Å². The normalized spacial score (nSPS) is 10.5. The van der Waals surface area contributed by atoms with E-state index in [9.17, 15) is 4.79 Å². The van der Waals surface area contributed by atoms with Crippen LogP contribution in [-0.2, 0) is 0 Å². The lowest BCUT2D eigenvalue weighted by Gasteiger charge is -2.05. The highest BCUT2D eigenvalue weighted by molar-refractivity contribution is 5.91. The van der Waals surface area contributed by atoms with Crippen LogP contribution in [0.25, 0.3) is 0 Å². The van der Waals surface area contributed by atoms with Crippen molar-refractivity contribution in [2.75, 3.05) is 14.1 Å². The number of benzene rings is 2. The van der Waals surface area contributed by atoms with Gasteiger partial charge < -0.3 is 9.75 Å². The zero-order chi connectivity index (χ0) is 14.4. The molecule has 0 bridgehead atoms. The maximum Gasteiger partial charge on any atom is 0.343 e. The number of rotatable bonds is 4. The minimum absolute atomic E-state index is 0.361. The SMILES string of the molecule is CN(C)/N=C\c1ccc(OC(=O)c2ccccc2)cc1. The molecule has 0 unspecified atom stereocenters.